The molecule has 0 amide bonds. The molecule has 0 aliphatic heterocycles. The molecule has 0 spiro atoms. The molecule has 0 N–H and O–H groups in total. The van der Waals surface area contributed by atoms with Crippen LogP contribution < -0.4 is 0 Å². The Morgan fingerprint density at radius 3 is 2.94 bits per heavy atom. The smallest absolute Gasteiger partial charge is 0.152 e. The molecule has 0 fully saturated rings. The van der Waals surface area contributed by atoms with Gasteiger partial charge in [-0.1, -0.05) is 0 Å². The number of rotatable bonds is 1. The predicted octanol–water partition coefficient (Wildman–Crippen LogP) is 3.08. The van der Waals surface area contributed by atoms with Crippen LogP contribution in [0.15, 0.2) is 18.5 Å². The molecule has 82 valence electrons. The molecular weight excluding hydrogens is 335 g/mol. The Balaban J connectivity index is 2.56. The molecule has 6 heteroatoms. The lowest BCUT2D eigenvalue weighted by Gasteiger charge is -2.00. The monoisotopic (exact) mass is 344 g/mol. The molecule has 0 atom stereocenters. The van der Waals surface area contributed by atoms with Gasteiger partial charge in [0, 0.05) is 60.0 Å². The number of hydrogen-bond acceptors (Lipinski definition) is 3. The molecule has 0 radical (unpaired) electrons. The molecule has 0 aliphatic rings. The third-order valence-electron chi connectivity index (χ3n) is 2.72. The van der Waals surface area contributed by atoms with E-state index in [9.17, 15) is 0 Å². The second-order valence-corrected chi connectivity index (χ2v) is 5.40. The van der Waals surface area contributed by atoms with E-state index < -0.39 is 0 Å². The van der Waals surface area contributed by atoms with Gasteiger partial charge in [0.15, 0.2) is 5.65 Å². The average Bonchev–Trinajstić information content (AvgIpc) is 2.78. The fourth-order valence-corrected chi connectivity index (χ4v) is 3.87. The number of halogens is 1. The molecule has 0 aromatic carbocycles. The van der Waals surface area contributed by atoms with Crippen molar-refractivity contribution in [2.75, 3.05) is 0 Å². The summed E-state index contributed by atoms with van der Waals surface area (Å²) in [5, 5.41) is 6.52. The predicted molar refractivity (Wildman–Crippen MR) is 75.8 cm³/mol. The molecule has 3 heterocycles. The lowest BCUT2D eigenvalue weighted by Crippen LogP contribution is -1.91. The van der Waals surface area contributed by atoms with E-state index in [1.54, 1.807) is 9.12 Å². The van der Waals surface area contributed by atoms with Crippen LogP contribution in [0.3, 0.4) is 0 Å². The molecule has 0 bridgehead atoms. The van der Waals surface area contributed by atoms with Gasteiger partial charge in [-0.2, -0.15) is 5.10 Å². The van der Waals surface area contributed by atoms with Crippen LogP contribution in [0.25, 0.3) is 21.9 Å². The summed E-state index contributed by atoms with van der Waals surface area (Å²) in [7, 11) is 3.61. The van der Waals surface area contributed by atoms with Gasteiger partial charge >= 0.3 is 0 Å². The molecule has 3 aromatic heterocycles. The van der Waals surface area contributed by atoms with E-state index >= 15 is 0 Å². The van der Waals surface area contributed by atoms with Crippen molar-refractivity contribution in [2.24, 2.45) is 7.05 Å². The lowest BCUT2D eigenvalue weighted by atomic mass is 10.2. The summed E-state index contributed by atoms with van der Waals surface area (Å²) in [6.07, 6.45) is 3.74. The minimum atomic E-state index is 1.01. The van der Waals surface area contributed by atoms with Crippen molar-refractivity contribution in [3.63, 3.8) is 0 Å². The summed E-state index contributed by atoms with van der Waals surface area (Å²) >= 11 is 2.27. The van der Waals surface area contributed by atoms with Gasteiger partial charge in [-0.3, -0.25) is 8.65 Å². The Labute approximate surface area is 109 Å². The number of fused-ring (bicyclic) bond motifs is 3. The highest BCUT2D eigenvalue weighted by atomic mass is 127. The van der Waals surface area contributed by atoms with E-state index in [1.807, 2.05) is 24.1 Å². The summed E-state index contributed by atoms with van der Waals surface area (Å²) in [5.41, 5.74) is 3.36. The Morgan fingerprint density at radius 2 is 2.19 bits per heavy atom. The van der Waals surface area contributed by atoms with Crippen molar-refractivity contribution < 1.29 is 0 Å². The fourth-order valence-electron chi connectivity index (χ4n) is 2.00. The minimum absolute atomic E-state index is 1.01. The van der Waals surface area contributed by atoms with Crippen LogP contribution in [0.2, 0.25) is 0 Å². The van der Waals surface area contributed by atoms with Gasteiger partial charge in [0.25, 0.3) is 0 Å². The maximum atomic E-state index is 4.50. The third-order valence-corrected chi connectivity index (χ3v) is 4.50. The number of nitrogens with zero attached hydrogens (tertiary/aromatic N) is 4. The maximum Gasteiger partial charge on any atom is 0.152 e. The van der Waals surface area contributed by atoms with E-state index in [0.717, 1.165) is 16.6 Å². The van der Waals surface area contributed by atoms with Crippen LogP contribution in [0.4, 0.5) is 0 Å². The summed E-state index contributed by atoms with van der Waals surface area (Å²) in [6, 6.07) is 2.16. The van der Waals surface area contributed by atoms with Crippen LogP contribution >= 0.6 is 30.3 Å². The average molecular weight is 344 g/mol. The molecule has 0 unspecified atom stereocenters. The summed E-state index contributed by atoms with van der Waals surface area (Å²) in [6.45, 7) is 2.09. The van der Waals surface area contributed by atoms with Gasteiger partial charge in [0.1, 0.15) is 0 Å². The molecule has 0 aliphatic carbocycles. The van der Waals surface area contributed by atoms with Crippen LogP contribution in [0.5, 0.6) is 0 Å². The van der Waals surface area contributed by atoms with Gasteiger partial charge < -0.3 is 0 Å². The zero-order chi connectivity index (χ0) is 11.3. The first kappa shape index (κ1) is 10.4. The van der Waals surface area contributed by atoms with Gasteiger partial charge in [-0.25, -0.2) is 4.98 Å². The molecule has 3 rings (SSSR count). The Kier molecular flexibility index (Phi) is 2.36. The highest BCUT2D eigenvalue weighted by Gasteiger charge is 2.12. The van der Waals surface area contributed by atoms with Crippen molar-refractivity contribution in [1.29, 1.82) is 0 Å². The Hall–Kier alpha value is -0.760. The minimum Gasteiger partial charge on any atom is -0.267 e. The number of aryl methyl sites for hydroxylation is 2. The van der Waals surface area contributed by atoms with Crippen LogP contribution in [0.1, 0.15) is 5.69 Å². The number of pyridine rings is 1. The Morgan fingerprint density at radius 1 is 1.38 bits per heavy atom. The van der Waals surface area contributed by atoms with E-state index in [0.29, 0.717) is 0 Å². The maximum absolute atomic E-state index is 4.50. The van der Waals surface area contributed by atoms with Crippen molar-refractivity contribution in [2.45, 2.75) is 6.92 Å². The Bertz CT molecular complexity index is 685. The largest absolute Gasteiger partial charge is 0.267 e. The summed E-state index contributed by atoms with van der Waals surface area (Å²) in [5.74, 6) is 0. The van der Waals surface area contributed by atoms with Gasteiger partial charge in [0.2, 0.25) is 0 Å². The molecule has 4 nitrogen and oxygen atoms in total. The fraction of sp³-hybridized carbons (Fsp3) is 0.200. The van der Waals surface area contributed by atoms with Crippen LogP contribution in [-0.2, 0) is 7.05 Å². The summed E-state index contributed by atoms with van der Waals surface area (Å²) < 4.78 is 4.03. The van der Waals surface area contributed by atoms with E-state index in [-0.39, 0.29) is 0 Å². The van der Waals surface area contributed by atoms with Crippen LogP contribution in [0, 0.1) is 6.92 Å². The third kappa shape index (κ3) is 1.29. The number of hydrogen-bond donors (Lipinski definition) is 0. The van der Waals surface area contributed by atoms with Crippen molar-refractivity contribution in [1.82, 2.24) is 18.7 Å². The van der Waals surface area contributed by atoms with E-state index in [2.05, 4.69) is 48.3 Å². The second-order valence-electron chi connectivity index (χ2n) is 3.72. The quantitative estimate of drug-likeness (QED) is 0.637. The zero-order valence-electron chi connectivity index (χ0n) is 8.81. The lowest BCUT2D eigenvalue weighted by molar-refractivity contribution is 0.799. The van der Waals surface area contributed by atoms with E-state index in [4.69, 9.17) is 0 Å². The first-order valence-electron chi connectivity index (χ1n) is 4.80. The van der Waals surface area contributed by atoms with Crippen molar-refractivity contribution in [3.8, 4) is 0 Å². The summed E-state index contributed by atoms with van der Waals surface area (Å²) in [4.78, 5) is 4.50. The first-order chi connectivity index (χ1) is 7.72. The van der Waals surface area contributed by atoms with Crippen molar-refractivity contribution >= 4 is 52.3 Å². The van der Waals surface area contributed by atoms with E-state index in [1.165, 1.54) is 11.1 Å². The molecular formula is C10H9IN4S. The van der Waals surface area contributed by atoms with Crippen LogP contribution in [-0.4, -0.2) is 18.7 Å². The first-order valence-corrected chi connectivity index (χ1v) is 8.12. The van der Waals surface area contributed by atoms with Crippen molar-refractivity contribution in [3.05, 3.63) is 24.2 Å². The molecule has 16 heavy (non-hydrogen) atoms. The molecule has 3 aromatic rings. The standard InChI is InChI=1S/C10H9IN4S/c1-6-3-8-9-7(5-13-14(9)2)4-12-10(8)15(6)16-11/h3-5H,1-2H3. The van der Waals surface area contributed by atoms with Gasteiger partial charge in [-0.15, -0.1) is 0 Å². The van der Waals surface area contributed by atoms with Gasteiger partial charge in [-0.05, 0) is 13.0 Å². The highest BCUT2D eigenvalue weighted by Crippen LogP contribution is 2.30. The topological polar surface area (TPSA) is 35.6 Å². The zero-order valence-corrected chi connectivity index (χ0v) is 11.8. The second kappa shape index (κ2) is 3.63. The molecule has 0 saturated carbocycles. The van der Waals surface area contributed by atoms with Gasteiger partial charge in [0.05, 0.1) is 11.7 Å². The molecule has 0 saturated heterocycles. The number of aromatic nitrogens is 4. The normalized spacial score (nSPS) is 11.7. The highest BCUT2D eigenvalue weighted by molar-refractivity contribution is 14.2. The SMILES string of the molecule is Cc1cc2c3c(cnc2n1SI)cnn3C.